The third-order valence-corrected chi connectivity index (χ3v) is 4.66. The second kappa shape index (κ2) is 6.65. The average molecular weight is 394 g/mol. The van der Waals surface area contributed by atoms with Crippen molar-refractivity contribution in [1.29, 1.82) is 0 Å². The van der Waals surface area contributed by atoms with E-state index in [2.05, 4.69) is 5.43 Å². The van der Waals surface area contributed by atoms with Crippen LogP contribution in [0.25, 0.3) is 10.8 Å². The number of nitrogens with one attached hydrogen (secondary N) is 1. The molecule has 2 aromatic rings. The minimum atomic E-state index is -4.57. The first-order chi connectivity index (χ1) is 12.8. The molecule has 1 fully saturated rings. The van der Waals surface area contributed by atoms with Crippen molar-refractivity contribution in [1.82, 2.24) is 10.4 Å². The Kier molecular flexibility index (Phi) is 4.86. The molecule has 0 bridgehead atoms. The van der Waals surface area contributed by atoms with Gasteiger partial charge in [-0.15, -0.1) is 0 Å². The van der Waals surface area contributed by atoms with Gasteiger partial charge in [0.2, 0.25) is 5.91 Å². The molecule has 0 aromatic heterocycles. The highest BCUT2D eigenvalue weighted by Gasteiger charge is 2.53. The number of rotatable bonds is 3. The van der Waals surface area contributed by atoms with Crippen LogP contribution in [0.2, 0.25) is 0 Å². The van der Waals surface area contributed by atoms with Crippen molar-refractivity contribution in [2.24, 2.45) is 0 Å². The van der Waals surface area contributed by atoms with Gasteiger partial charge in [-0.1, -0.05) is 24.3 Å². The highest BCUT2D eigenvalue weighted by atomic mass is 19.4. The van der Waals surface area contributed by atoms with Gasteiger partial charge >= 0.3 is 6.18 Å². The molecular weight excluding hydrogens is 369 g/mol. The number of hydrogen-bond donors (Lipinski definition) is 1. The van der Waals surface area contributed by atoms with Crippen LogP contribution in [0.15, 0.2) is 36.4 Å². The van der Waals surface area contributed by atoms with Crippen molar-refractivity contribution in [2.45, 2.75) is 64.4 Å². The molecule has 7 heteroatoms. The van der Waals surface area contributed by atoms with Gasteiger partial charge in [0.15, 0.2) is 6.04 Å². The number of nitrogens with zero attached hydrogens (tertiary/aromatic N) is 1. The van der Waals surface area contributed by atoms with Crippen molar-refractivity contribution >= 4 is 16.7 Å². The van der Waals surface area contributed by atoms with E-state index < -0.39 is 29.3 Å². The number of carbonyl (C=O) groups excluding carboxylic acids is 1. The van der Waals surface area contributed by atoms with Crippen LogP contribution in [0.1, 0.15) is 52.6 Å². The third-order valence-electron chi connectivity index (χ3n) is 4.66. The zero-order valence-electron chi connectivity index (χ0n) is 16.6. The molecular formula is C21H25F3N2O2. The molecule has 1 saturated heterocycles. The van der Waals surface area contributed by atoms with E-state index in [1.807, 2.05) is 32.9 Å². The van der Waals surface area contributed by atoms with Crippen molar-refractivity contribution in [3.05, 3.63) is 42.0 Å². The van der Waals surface area contributed by atoms with Gasteiger partial charge in [0.05, 0.1) is 0 Å². The molecule has 152 valence electrons. The first-order valence-corrected chi connectivity index (χ1v) is 9.15. The van der Waals surface area contributed by atoms with Gasteiger partial charge < -0.3 is 4.74 Å². The molecule has 28 heavy (non-hydrogen) atoms. The molecule has 4 nitrogen and oxygen atoms in total. The lowest BCUT2D eigenvalue weighted by Gasteiger charge is -2.38. The van der Waals surface area contributed by atoms with E-state index in [1.165, 1.54) is 12.1 Å². The molecule has 1 amide bonds. The van der Waals surface area contributed by atoms with Gasteiger partial charge in [0.25, 0.3) is 0 Å². The fourth-order valence-electron chi connectivity index (χ4n) is 3.55. The molecule has 3 rings (SSSR count). The molecule has 0 radical (unpaired) electrons. The Morgan fingerprint density at radius 3 is 2.36 bits per heavy atom. The van der Waals surface area contributed by atoms with Crippen LogP contribution in [0.4, 0.5) is 13.2 Å². The summed E-state index contributed by atoms with van der Waals surface area (Å²) in [7, 11) is 0. The molecule has 1 N–H and O–H groups in total. The first-order valence-electron chi connectivity index (χ1n) is 9.15. The van der Waals surface area contributed by atoms with E-state index in [9.17, 15) is 18.0 Å². The molecule has 1 aliphatic rings. The van der Waals surface area contributed by atoms with Gasteiger partial charge in [-0.05, 0) is 57.7 Å². The second-order valence-corrected chi connectivity index (χ2v) is 8.79. The summed E-state index contributed by atoms with van der Waals surface area (Å²) in [6.45, 7) is 8.90. The van der Waals surface area contributed by atoms with Crippen LogP contribution in [-0.2, 0) is 4.79 Å². The van der Waals surface area contributed by atoms with Crippen LogP contribution in [-0.4, -0.2) is 28.2 Å². The summed E-state index contributed by atoms with van der Waals surface area (Å²) >= 11 is 0. The highest BCUT2D eigenvalue weighted by molar-refractivity contribution is 5.89. The maximum Gasteiger partial charge on any atom is 0.409 e. The highest BCUT2D eigenvalue weighted by Crippen LogP contribution is 2.44. The van der Waals surface area contributed by atoms with Gasteiger partial charge in [-0.2, -0.15) is 18.2 Å². The summed E-state index contributed by atoms with van der Waals surface area (Å²) in [5.74, 6) is 0.106. The number of hydrogen-bond acceptors (Lipinski definition) is 3. The fraction of sp³-hybridized carbons (Fsp3) is 0.476. The van der Waals surface area contributed by atoms with Crippen molar-refractivity contribution in [3.63, 3.8) is 0 Å². The monoisotopic (exact) mass is 394 g/mol. The Labute approximate surface area is 162 Å². The number of hydrazine groups is 1. The number of carbonyl (C=O) groups is 1. The summed E-state index contributed by atoms with van der Waals surface area (Å²) < 4.78 is 48.2. The van der Waals surface area contributed by atoms with E-state index in [0.29, 0.717) is 11.1 Å². The number of benzene rings is 2. The first kappa shape index (κ1) is 20.5. The Bertz CT molecular complexity index is 901. The predicted molar refractivity (Wildman–Crippen MR) is 102 cm³/mol. The zero-order valence-corrected chi connectivity index (χ0v) is 16.6. The number of halogens is 3. The smallest absolute Gasteiger partial charge is 0.409 e. The Morgan fingerprint density at radius 1 is 1.14 bits per heavy atom. The standard InChI is InChI=1S/C21H25F3N2O2/c1-19(2,3)28-16-8-6-7-13-9-10-14(11-15(13)16)18(21(22,23)24)26-20(4,5)12-17(27)25-26/h6-11,18H,12H2,1-5H3,(H,25,27)/t18-/m0/s1. The van der Waals surface area contributed by atoms with Crippen molar-refractivity contribution in [2.75, 3.05) is 0 Å². The summed E-state index contributed by atoms with van der Waals surface area (Å²) in [5, 5.41) is 2.41. The lowest BCUT2D eigenvalue weighted by Crippen LogP contribution is -2.51. The van der Waals surface area contributed by atoms with Crippen LogP contribution >= 0.6 is 0 Å². The van der Waals surface area contributed by atoms with E-state index in [1.54, 1.807) is 26.0 Å². The molecule has 0 aliphatic carbocycles. The van der Waals surface area contributed by atoms with E-state index in [0.717, 1.165) is 10.4 Å². The maximum atomic E-state index is 14.1. The Balaban J connectivity index is 2.13. The largest absolute Gasteiger partial charge is 0.488 e. The molecule has 2 aromatic carbocycles. The molecule has 1 heterocycles. The predicted octanol–water partition coefficient (Wildman–Crippen LogP) is 5.14. The lowest BCUT2D eigenvalue weighted by atomic mass is 9.95. The number of fused-ring (bicyclic) bond motifs is 1. The average Bonchev–Trinajstić information content (AvgIpc) is 2.77. The van der Waals surface area contributed by atoms with E-state index in [4.69, 9.17) is 4.74 Å². The topological polar surface area (TPSA) is 41.6 Å². The fourth-order valence-corrected chi connectivity index (χ4v) is 3.55. The van der Waals surface area contributed by atoms with Gasteiger partial charge in [0, 0.05) is 17.3 Å². The number of alkyl halides is 3. The molecule has 1 atom stereocenters. The molecule has 0 spiro atoms. The minimum Gasteiger partial charge on any atom is -0.488 e. The van der Waals surface area contributed by atoms with Gasteiger partial charge in [0.1, 0.15) is 11.4 Å². The summed E-state index contributed by atoms with van der Waals surface area (Å²) in [4.78, 5) is 11.8. The van der Waals surface area contributed by atoms with Crippen LogP contribution in [0.3, 0.4) is 0 Å². The SMILES string of the molecule is CC(C)(C)Oc1cccc2ccc([C@H](N3NC(=O)CC3(C)C)C(F)(F)F)cc12. The van der Waals surface area contributed by atoms with Crippen LogP contribution < -0.4 is 10.2 Å². The second-order valence-electron chi connectivity index (χ2n) is 8.79. The third kappa shape index (κ3) is 4.09. The zero-order chi connectivity index (χ0) is 20.9. The number of amides is 1. The summed E-state index contributed by atoms with van der Waals surface area (Å²) in [6.07, 6.45) is -4.56. The normalized spacial score (nSPS) is 18.9. The van der Waals surface area contributed by atoms with E-state index in [-0.39, 0.29) is 12.0 Å². The van der Waals surface area contributed by atoms with Gasteiger partial charge in [-0.3, -0.25) is 10.2 Å². The Hall–Kier alpha value is -2.28. The van der Waals surface area contributed by atoms with Crippen LogP contribution in [0.5, 0.6) is 5.75 Å². The molecule has 0 saturated carbocycles. The molecule has 1 aliphatic heterocycles. The summed E-state index contributed by atoms with van der Waals surface area (Å²) in [5.41, 5.74) is 0.997. The lowest BCUT2D eigenvalue weighted by molar-refractivity contribution is -0.203. The summed E-state index contributed by atoms with van der Waals surface area (Å²) in [6, 6.07) is 8.07. The van der Waals surface area contributed by atoms with E-state index >= 15 is 0 Å². The minimum absolute atomic E-state index is 0.00550. The quantitative estimate of drug-likeness (QED) is 0.784. The van der Waals surface area contributed by atoms with Crippen molar-refractivity contribution in [3.8, 4) is 5.75 Å². The Morgan fingerprint density at radius 2 is 1.82 bits per heavy atom. The van der Waals surface area contributed by atoms with Crippen molar-refractivity contribution < 1.29 is 22.7 Å². The maximum absolute atomic E-state index is 14.1. The van der Waals surface area contributed by atoms with Gasteiger partial charge in [-0.25, -0.2) is 0 Å². The number of ether oxygens (including phenoxy) is 1. The van der Waals surface area contributed by atoms with Crippen LogP contribution in [0, 0.1) is 0 Å². The molecule has 0 unspecified atom stereocenters.